The van der Waals surface area contributed by atoms with Crippen LogP contribution >= 0.6 is 31.9 Å². The van der Waals surface area contributed by atoms with Crippen LogP contribution in [0, 0.1) is 0 Å². The minimum Gasteiger partial charge on any atom is -0.309 e. The van der Waals surface area contributed by atoms with E-state index in [0.717, 1.165) is 43.6 Å². The molecule has 418 valence electrons. The SMILES string of the molecule is Brc1ccccc1Br.C1=NC(c2ccc3c4c5c6ccccc6n(-c6ccccc6)c5ccc4n(-c4ccccc4)c3c2)NC1.c1ccc(-n2c3ccccc3c3c4c5cc6c7ccccc7n7ccnc7c6cc5n(-c5ccccc5)c4ccc32)cc1. The number of rotatable bonds is 5. The van der Waals surface area contributed by atoms with E-state index in [0.29, 0.717) is 0 Å². The van der Waals surface area contributed by atoms with Gasteiger partial charge in [0.25, 0.3) is 0 Å². The van der Waals surface area contributed by atoms with E-state index in [-0.39, 0.29) is 6.17 Å². The summed E-state index contributed by atoms with van der Waals surface area (Å²) >= 11 is 6.70. The molecule has 1 atom stereocenters. The molecule has 88 heavy (non-hydrogen) atoms. The van der Waals surface area contributed by atoms with E-state index >= 15 is 0 Å². The smallest absolute Gasteiger partial charge is 0.145 e. The largest absolute Gasteiger partial charge is 0.309 e. The maximum absolute atomic E-state index is 4.84. The number of pyridine rings is 1. The molecule has 0 saturated carbocycles. The van der Waals surface area contributed by atoms with E-state index in [9.17, 15) is 0 Å². The van der Waals surface area contributed by atoms with Gasteiger partial charge in [0.15, 0.2) is 0 Å². The fourth-order valence-electron chi connectivity index (χ4n) is 13.8. The van der Waals surface area contributed by atoms with Crippen molar-refractivity contribution in [3.05, 3.63) is 300 Å². The first-order valence-corrected chi connectivity index (χ1v) is 31.2. The molecule has 18 aromatic rings. The van der Waals surface area contributed by atoms with Crippen LogP contribution in [-0.2, 0) is 0 Å². The number of imidazole rings is 1. The molecule has 8 nitrogen and oxygen atoms in total. The molecule has 1 unspecified atom stereocenters. The third kappa shape index (κ3) is 8.28. The summed E-state index contributed by atoms with van der Waals surface area (Å²) in [6.45, 7) is 0.810. The molecule has 12 aromatic carbocycles. The van der Waals surface area contributed by atoms with Gasteiger partial charge in [-0.15, -0.1) is 0 Å². The molecule has 0 bridgehead atoms. The lowest BCUT2D eigenvalue weighted by molar-refractivity contribution is 0.644. The van der Waals surface area contributed by atoms with Crippen molar-refractivity contribution in [3.63, 3.8) is 0 Å². The van der Waals surface area contributed by atoms with Gasteiger partial charge in [0.2, 0.25) is 0 Å². The molecule has 0 amide bonds. The van der Waals surface area contributed by atoms with Crippen LogP contribution in [-0.4, -0.2) is 40.4 Å². The number of halogens is 2. The van der Waals surface area contributed by atoms with Gasteiger partial charge in [-0.1, -0.05) is 152 Å². The highest BCUT2D eigenvalue weighted by Gasteiger charge is 2.25. The number of para-hydroxylation sites is 7. The summed E-state index contributed by atoms with van der Waals surface area (Å²) < 4.78 is 14.0. The van der Waals surface area contributed by atoms with Crippen LogP contribution in [0.4, 0.5) is 0 Å². The van der Waals surface area contributed by atoms with E-state index in [1.54, 1.807) is 0 Å². The van der Waals surface area contributed by atoms with Crippen LogP contribution in [0.5, 0.6) is 0 Å². The van der Waals surface area contributed by atoms with Crippen molar-refractivity contribution >= 4 is 153 Å². The Hall–Kier alpha value is -10.4. The summed E-state index contributed by atoms with van der Waals surface area (Å²) in [6, 6.07) is 97.7. The quantitative estimate of drug-likeness (QED) is 0.175. The zero-order valence-corrected chi connectivity index (χ0v) is 50.6. The Labute approximate surface area is 522 Å². The van der Waals surface area contributed by atoms with E-state index in [1.807, 2.05) is 36.7 Å². The van der Waals surface area contributed by atoms with Gasteiger partial charge in [-0.05, 0) is 164 Å². The molecule has 0 fully saturated rings. The minimum atomic E-state index is 0.00616. The second-order valence-corrected chi connectivity index (χ2v) is 24.0. The number of benzene rings is 12. The van der Waals surface area contributed by atoms with E-state index in [4.69, 9.17) is 4.98 Å². The first-order chi connectivity index (χ1) is 43.6. The van der Waals surface area contributed by atoms with Crippen molar-refractivity contribution in [3.8, 4) is 22.7 Å². The van der Waals surface area contributed by atoms with Crippen LogP contribution in [0.25, 0.3) is 137 Å². The lowest BCUT2D eigenvalue weighted by Gasteiger charge is -2.11. The highest BCUT2D eigenvalue weighted by molar-refractivity contribution is 9.13. The second kappa shape index (κ2) is 21.3. The number of nitrogens with zero attached hydrogens (tertiary/aromatic N) is 7. The fourth-order valence-corrected chi connectivity index (χ4v) is 14.4. The van der Waals surface area contributed by atoms with E-state index in [1.165, 1.54) is 115 Å². The Balaban J connectivity index is 0.000000122. The van der Waals surface area contributed by atoms with Crippen LogP contribution in [0.15, 0.2) is 299 Å². The monoisotopic (exact) mass is 1260 g/mol. The van der Waals surface area contributed by atoms with Crippen LogP contribution < -0.4 is 5.32 Å². The predicted octanol–water partition coefficient (Wildman–Crippen LogP) is 20.6. The molecule has 1 aliphatic rings. The van der Waals surface area contributed by atoms with E-state index < -0.39 is 0 Å². The Kier molecular flexibility index (Phi) is 12.6. The summed E-state index contributed by atoms with van der Waals surface area (Å²) in [6.07, 6.45) is 5.94. The zero-order chi connectivity index (χ0) is 58.4. The summed E-state index contributed by atoms with van der Waals surface area (Å²) in [7, 11) is 0. The average Bonchev–Trinajstić information content (AvgIpc) is 1.57. The molecule has 19 rings (SSSR count). The lowest BCUT2D eigenvalue weighted by atomic mass is 10.0. The molecule has 7 heterocycles. The maximum atomic E-state index is 4.84. The van der Waals surface area contributed by atoms with E-state index in [2.05, 4.69) is 320 Å². The summed E-state index contributed by atoms with van der Waals surface area (Å²) in [5, 5.41) is 17.2. The molecule has 0 aliphatic carbocycles. The van der Waals surface area contributed by atoms with Crippen molar-refractivity contribution in [2.45, 2.75) is 6.17 Å². The van der Waals surface area contributed by atoms with Gasteiger partial charge in [-0.3, -0.25) is 14.7 Å². The molecule has 6 aromatic heterocycles. The molecule has 1 N–H and O–H groups in total. The van der Waals surface area contributed by atoms with Crippen LogP contribution in [0.3, 0.4) is 0 Å². The van der Waals surface area contributed by atoms with Crippen LogP contribution in [0.2, 0.25) is 0 Å². The number of nitrogens with one attached hydrogen (secondary N) is 1. The fraction of sp³-hybridized carbons (Fsp3) is 0.0256. The normalized spacial score (nSPS) is 13.3. The summed E-state index contributed by atoms with van der Waals surface area (Å²) in [4.78, 5) is 9.49. The highest BCUT2D eigenvalue weighted by Crippen LogP contribution is 2.46. The molecular formula is C78H52Br2N8. The number of aliphatic imine (C=N–C) groups is 1. The first-order valence-electron chi connectivity index (χ1n) is 29.6. The molecule has 10 heteroatoms. The first kappa shape index (κ1) is 52.0. The van der Waals surface area contributed by atoms with Gasteiger partial charge in [-0.25, -0.2) is 4.98 Å². The standard InChI is InChI=1S/C39H24N4.C33H24N4.C6H4Br2/c1-3-11-25(12-4-1)42-33-18-10-8-16-28(33)37-34(42)19-20-35-38(37)31-23-29-27-15-7-9-17-32(27)41-22-21-40-39(41)30(29)24-36(31)43(35)26-13-5-2-6-14-26;1-3-9-23(10-4-1)36-27-14-8-7-13-25(27)31-28(36)17-18-29-32(31)26-16-15-22(33-34-19-20-35-33)21-30(26)37(29)24-11-5-2-6-12-24;7-5-3-1-2-4-6(5)8/h1-24H;1-19,21,33,35H,20H2;1-4H. The molecule has 0 spiro atoms. The van der Waals surface area contributed by atoms with Crippen molar-refractivity contribution in [1.29, 1.82) is 0 Å². The van der Waals surface area contributed by atoms with Crippen molar-refractivity contribution in [1.82, 2.24) is 33.0 Å². The van der Waals surface area contributed by atoms with Crippen molar-refractivity contribution in [2.24, 2.45) is 4.99 Å². The van der Waals surface area contributed by atoms with Crippen LogP contribution in [0.1, 0.15) is 11.7 Å². The maximum Gasteiger partial charge on any atom is 0.145 e. The van der Waals surface area contributed by atoms with Crippen molar-refractivity contribution < 1.29 is 0 Å². The Morgan fingerprint density at radius 3 is 1.22 bits per heavy atom. The van der Waals surface area contributed by atoms with Gasteiger partial charge in [0.05, 0.1) is 49.7 Å². The Morgan fingerprint density at radius 1 is 0.330 bits per heavy atom. The third-order valence-corrected chi connectivity index (χ3v) is 19.4. The summed E-state index contributed by atoms with van der Waals surface area (Å²) in [5.41, 5.74) is 17.6. The van der Waals surface area contributed by atoms with Gasteiger partial charge >= 0.3 is 0 Å². The lowest BCUT2D eigenvalue weighted by Crippen LogP contribution is -2.14. The van der Waals surface area contributed by atoms with Crippen molar-refractivity contribution in [2.75, 3.05) is 6.54 Å². The molecule has 0 saturated heterocycles. The number of aromatic nitrogens is 6. The van der Waals surface area contributed by atoms with Gasteiger partial charge in [0, 0.05) is 111 Å². The Morgan fingerprint density at radius 2 is 0.739 bits per heavy atom. The molecular weight excluding hydrogens is 1210 g/mol. The number of hydrogen-bond acceptors (Lipinski definition) is 3. The number of fused-ring (bicyclic) bond motifs is 20. The average molecular weight is 1260 g/mol. The predicted molar refractivity (Wildman–Crippen MR) is 375 cm³/mol. The summed E-state index contributed by atoms with van der Waals surface area (Å²) in [5.74, 6) is 0. The van der Waals surface area contributed by atoms with Gasteiger partial charge < -0.3 is 18.3 Å². The third-order valence-electron chi connectivity index (χ3n) is 17.5. The van der Waals surface area contributed by atoms with Gasteiger partial charge in [-0.2, -0.15) is 0 Å². The molecule has 0 radical (unpaired) electrons. The van der Waals surface area contributed by atoms with Gasteiger partial charge in [0.1, 0.15) is 11.8 Å². The highest BCUT2D eigenvalue weighted by atomic mass is 79.9. The second-order valence-electron chi connectivity index (χ2n) is 22.3. The Bertz CT molecular complexity index is 5760. The number of hydrogen-bond donors (Lipinski definition) is 1. The molecule has 1 aliphatic heterocycles. The zero-order valence-electron chi connectivity index (χ0n) is 47.4. The topological polar surface area (TPSA) is 61.4 Å². The minimum absolute atomic E-state index is 0.00616.